The summed E-state index contributed by atoms with van der Waals surface area (Å²) in [6.45, 7) is -0.761. The molecule has 0 saturated carbocycles. The van der Waals surface area contributed by atoms with Crippen molar-refractivity contribution in [1.29, 1.82) is 0 Å². The zero-order valence-electron chi connectivity index (χ0n) is 42.2. The van der Waals surface area contributed by atoms with Gasteiger partial charge < -0.3 is 68.1 Å². The number of carbonyl (C=O) groups is 10. The van der Waals surface area contributed by atoms with Gasteiger partial charge in [-0.3, -0.25) is 52.5 Å². The number of benzene rings is 3. The van der Waals surface area contributed by atoms with E-state index in [2.05, 4.69) is 46.4 Å². The fraction of sp³-hybridized carbons (Fsp3) is 0.388. The van der Waals surface area contributed by atoms with Gasteiger partial charge in [-0.1, -0.05) is 60.7 Å². The molecule has 26 nitrogen and oxygen atoms in total. The van der Waals surface area contributed by atoms with Crippen LogP contribution < -0.4 is 52.9 Å². The Hall–Kier alpha value is -7.73. The van der Waals surface area contributed by atoms with E-state index in [1.165, 1.54) is 35.7 Å². The molecule has 7 atom stereocenters. The Kier molecular flexibility index (Phi) is 24.9. The highest BCUT2D eigenvalue weighted by molar-refractivity contribution is 7.98. The Morgan fingerprint density at radius 3 is 1.65 bits per heavy atom. The summed E-state index contributed by atoms with van der Waals surface area (Å²) in [5.41, 5.74) is 13.5. The number of rotatable bonds is 33. The molecule has 0 aliphatic heterocycles. The molecule has 0 aliphatic rings. The normalized spacial score (nSPS) is 13.9. The van der Waals surface area contributed by atoms with E-state index >= 15 is 0 Å². The molecule has 0 aliphatic carbocycles. The number of amides is 8. The van der Waals surface area contributed by atoms with Crippen molar-refractivity contribution in [3.63, 3.8) is 0 Å². The monoisotopic (exact) mass is 1140 g/mol. The molecular weight excluding hydrogens is 1080 g/mol. The minimum Gasteiger partial charge on any atom is -0.481 e. The summed E-state index contributed by atoms with van der Waals surface area (Å²) < 4.78 is 35.8. The molecule has 1 unspecified atom stereocenters. The summed E-state index contributed by atoms with van der Waals surface area (Å²) >= 11 is 2.61. The summed E-state index contributed by atoms with van der Waals surface area (Å²) in [6, 6.07) is 10.2. The van der Waals surface area contributed by atoms with Gasteiger partial charge in [-0.05, 0) is 71.7 Å². The summed E-state index contributed by atoms with van der Waals surface area (Å²) in [4.78, 5) is 135. The highest BCUT2D eigenvalue weighted by Crippen LogP contribution is 2.20. The number of para-hydroxylation sites is 1. The molecule has 1 heterocycles. The first-order valence-corrected chi connectivity index (χ1v) is 28.0. The molecule has 15 N–H and O–H groups in total. The van der Waals surface area contributed by atoms with Crippen molar-refractivity contribution in [3.05, 3.63) is 102 Å². The summed E-state index contributed by atoms with van der Waals surface area (Å²) in [6.07, 6.45) is 2.78. The maximum Gasteiger partial charge on any atom is 0.446 e. The van der Waals surface area contributed by atoms with E-state index in [4.69, 9.17) is 16.0 Å². The number of primary amides is 1. The number of aromatic amines is 1. The number of carbonyl (C=O) groups excluding carboxylic acids is 8. The van der Waals surface area contributed by atoms with Crippen LogP contribution in [0, 0.1) is 0 Å². The minimum atomic E-state index is -4.87. The van der Waals surface area contributed by atoms with E-state index in [1.54, 1.807) is 73.3 Å². The number of hydrogen-bond acceptors (Lipinski definition) is 16. The second-order valence-electron chi connectivity index (χ2n) is 17.5. The van der Waals surface area contributed by atoms with E-state index in [9.17, 15) is 66.6 Å². The number of aliphatic carboxylic acids is 2. The molecule has 4 rings (SSSR count). The molecule has 8 amide bonds. The fourth-order valence-electron chi connectivity index (χ4n) is 7.63. The van der Waals surface area contributed by atoms with Gasteiger partial charge in [-0.2, -0.15) is 31.9 Å². The van der Waals surface area contributed by atoms with Gasteiger partial charge in [0, 0.05) is 36.4 Å². The Labute approximate surface area is 456 Å². The predicted octanol–water partition coefficient (Wildman–Crippen LogP) is -1.33. The lowest BCUT2D eigenvalue weighted by Gasteiger charge is -2.26. The van der Waals surface area contributed by atoms with E-state index in [1.807, 2.05) is 0 Å². The van der Waals surface area contributed by atoms with E-state index in [0.29, 0.717) is 33.3 Å². The molecule has 0 fully saturated rings. The molecule has 0 spiro atoms. The zero-order chi connectivity index (χ0) is 57.5. The van der Waals surface area contributed by atoms with E-state index < -0.39 is 131 Å². The molecule has 0 bridgehead atoms. The zero-order valence-corrected chi connectivity index (χ0v) is 44.7. The lowest BCUT2D eigenvalue weighted by molar-refractivity contribution is -0.141. The Bertz CT molecular complexity index is 2880. The molecular formula is C49H62N10O16S3. The number of carboxylic acid groups (broad SMARTS) is 2. The van der Waals surface area contributed by atoms with Crippen LogP contribution in [0.4, 0.5) is 0 Å². The summed E-state index contributed by atoms with van der Waals surface area (Å²) in [5.74, 6) is -10.2. The van der Waals surface area contributed by atoms with E-state index in [-0.39, 0.29) is 43.6 Å². The van der Waals surface area contributed by atoms with Crippen molar-refractivity contribution < 1.29 is 75.3 Å². The van der Waals surface area contributed by atoms with Crippen LogP contribution in [0.25, 0.3) is 10.9 Å². The maximum atomic E-state index is 14.3. The summed E-state index contributed by atoms with van der Waals surface area (Å²) in [5, 5.41) is 37.0. The highest BCUT2D eigenvalue weighted by atomic mass is 32.3. The Morgan fingerprint density at radius 1 is 0.590 bits per heavy atom. The molecule has 422 valence electrons. The maximum absolute atomic E-state index is 14.3. The van der Waals surface area contributed by atoms with Crippen molar-refractivity contribution in [2.75, 3.05) is 30.6 Å². The molecule has 78 heavy (non-hydrogen) atoms. The molecule has 0 saturated heterocycles. The van der Waals surface area contributed by atoms with Gasteiger partial charge in [-0.15, -0.1) is 0 Å². The van der Waals surface area contributed by atoms with Gasteiger partial charge >= 0.3 is 22.3 Å². The quantitative estimate of drug-likeness (QED) is 0.0246. The first kappa shape index (κ1) is 62.8. The lowest BCUT2D eigenvalue weighted by Crippen LogP contribution is -2.59. The van der Waals surface area contributed by atoms with Gasteiger partial charge in [-0.25, -0.2) is 0 Å². The van der Waals surface area contributed by atoms with Gasteiger partial charge in [0.2, 0.25) is 47.3 Å². The number of hydrogen-bond donors (Lipinski definition) is 13. The van der Waals surface area contributed by atoms with E-state index in [0.717, 1.165) is 12.1 Å². The predicted molar refractivity (Wildman–Crippen MR) is 287 cm³/mol. The largest absolute Gasteiger partial charge is 0.481 e. The number of fused-ring (bicyclic) bond motifs is 1. The summed E-state index contributed by atoms with van der Waals surface area (Å²) in [7, 11) is -4.87. The second-order valence-corrected chi connectivity index (χ2v) is 20.5. The van der Waals surface area contributed by atoms with Crippen LogP contribution in [-0.4, -0.2) is 160 Å². The third kappa shape index (κ3) is 21.4. The van der Waals surface area contributed by atoms with Crippen LogP contribution in [0.5, 0.6) is 5.75 Å². The average Bonchev–Trinajstić information content (AvgIpc) is 3.81. The van der Waals surface area contributed by atoms with Crippen molar-refractivity contribution in [2.45, 2.75) is 87.2 Å². The van der Waals surface area contributed by atoms with Crippen LogP contribution in [0.2, 0.25) is 0 Å². The standard InChI is InChI=1S/C49H62N10O16S3/c1-76-18-16-34(55-47(69)37(58-44(66)32(50)23-41(61)62)21-28-12-14-30(15-13-28)75-78(72,73)74)45(67)53-26-40(60)54-38(22-29-25-52-33-11-7-6-10-31(29)33)48(70)56-35(17-19-77-2)46(68)59-39(24-42(63)64)49(71)57-36(43(51)65)20-27-8-4-3-5-9-27/h3-15,25,32,34-39,52H,16-24,26,50H2,1-2H3,(H2,51,65)(H,53,67)(H,54,60)(H,55,69)(H,56,70)(H,57,71)(H,58,66)(H,59,68)(H,61,62)(H,63,64)(H,72,73,74)/t32-,34-,35?,36-,37-,38-,39-/m1/s1. The van der Waals surface area contributed by atoms with Crippen molar-refractivity contribution in [3.8, 4) is 5.75 Å². The smallest absolute Gasteiger partial charge is 0.446 e. The van der Waals surface area contributed by atoms with Crippen molar-refractivity contribution in [1.82, 2.24) is 42.2 Å². The third-order valence-corrected chi connectivity index (χ3v) is 13.2. The third-order valence-electron chi connectivity index (χ3n) is 11.5. The number of nitrogens with one attached hydrogen (secondary N) is 8. The van der Waals surface area contributed by atoms with Gasteiger partial charge in [0.1, 0.15) is 42.0 Å². The van der Waals surface area contributed by atoms with Crippen molar-refractivity contribution in [2.24, 2.45) is 11.5 Å². The molecule has 0 radical (unpaired) electrons. The number of carboxylic acids is 2. The average molecular weight is 1140 g/mol. The number of thioether (sulfide) groups is 2. The Morgan fingerprint density at radius 2 is 1.08 bits per heavy atom. The number of H-pyrrole nitrogens is 1. The number of nitrogens with two attached hydrogens (primary N) is 2. The number of aromatic nitrogens is 1. The topological polar surface area (TPSA) is 427 Å². The van der Waals surface area contributed by atoms with Gasteiger partial charge in [0.15, 0.2) is 0 Å². The molecule has 4 aromatic rings. The van der Waals surface area contributed by atoms with Crippen LogP contribution >= 0.6 is 23.5 Å². The molecule has 3 aromatic carbocycles. The Balaban J connectivity index is 1.54. The van der Waals surface area contributed by atoms with Crippen LogP contribution in [-0.2, 0) is 77.6 Å². The second kappa shape index (κ2) is 30.9. The molecule has 29 heteroatoms. The fourth-order valence-corrected chi connectivity index (χ4v) is 8.92. The lowest BCUT2D eigenvalue weighted by atomic mass is 10.0. The SMILES string of the molecule is CSCCC(NC(=O)[C@@H](Cc1c[nH]c2ccccc12)NC(=O)CNC(=O)[C@@H](CCSC)NC(=O)[C@@H](Cc1ccc(OS(=O)(=O)O)cc1)NC(=O)[C@H](N)CC(=O)O)C(=O)N[C@H](CC(=O)O)C(=O)N[C@H](Cc1ccccc1)C(N)=O. The minimum absolute atomic E-state index is 0.0132. The van der Waals surface area contributed by atoms with Crippen LogP contribution in [0.3, 0.4) is 0 Å². The van der Waals surface area contributed by atoms with Crippen LogP contribution in [0.1, 0.15) is 42.4 Å². The first-order chi connectivity index (χ1) is 37.0. The van der Waals surface area contributed by atoms with Crippen molar-refractivity contribution >= 4 is 104 Å². The first-order valence-electron chi connectivity index (χ1n) is 23.9. The molecule has 1 aromatic heterocycles. The van der Waals surface area contributed by atoms with Gasteiger partial charge in [0.25, 0.3) is 0 Å². The highest BCUT2D eigenvalue weighted by Gasteiger charge is 2.34. The van der Waals surface area contributed by atoms with Gasteiger partial charge in [0.05, 0.1) is 25.4 Å². The van der Waals surface area contributed by atoms with Crippen LogP contribution in [0.15, 0.2) is 85.1 Å².